The van der Waals surface area contributed by atoms with Crippen molar-refractivity contribution in [3.8, 4) is 22.6 Å². The van der Waals surface area contributed by atoms with Gasteiger partial charge < -0.3 is 33.9 Å². The molecular weight excluding hydrogens is 632 g/mol. The molecule has 6 aromatic rings. The quantitative estimate of drug-likeness (QED) is 0.102. The molecule has 7 rings (SSSR count). The highest BCUT2D eigenvalue weighted by molar-refractivity contribution is 6.04. The first-order valence-corrected chi connectivity index (χ1v) is 17.2. The molecule has 4 aromatic carbocycles. The normalized spacial score (nSPS) is 13.2. The summed E-state index contributed by atoms with van der Waals surface area (Å²) in [6.45, 7) is 5.71. The van der Waals surface area contributed by atoms with Crippen LogP contribution in [-0.2, 0) is 36.2 Å². The highest BCUT2D eigenvalue weighted by Gasteiger charge is 2.25. The molecule has 0 aliphatic carbocycles. The Labute approximate surface area is 291 Å². The zero-order valence-corrected chi connectivity index (χ0v) is 28.5. The number of anilines is 1. The summed E-state index contributed by atoms with van der Waals surface area (Å²) >= 11 is 0. The maximum absolute atomic E-state index is 13.3. The minimum Gasteiger partial charge on any atom is -0.493 e. The van der Waals surface area contributed by atoms with E-state index in [4.69, 9.17) is 24.0 Å². The van der Waals surface area contributed by atoms with Crippen LogP contribution >= 0.6 is 0 Å². The number of hydrogen-bond donors (Lipinski definition) is 2. The van der Waals surface area contributed by atoms with E-state index in [9.17, 15) is 9.90 Å². The summed E-state index contributed by atoms with van der Waals surface area (Å²) in [4.78, 5) is 19.0. The van der Waals surface area contributed by atoms with Gasteiger partial charge >= 0.3 is 5.97 Å². The standard InChI is InChI=1S/C40H42N4O6/c1-3-48-40(46)39-32(14-8-22-49-36-15-6-10-27-9-4-5-11-30(27)36)31-12-7-13-33(38(31)41-39)37-34(42-43(2)35(37)25-45)26-50-29-18-16-28(17-19-29)44-20-23-47-24-21-44/h4-7,9-13,15-19,41,45H,3,8,14,20-26H2,1-2H3. The van der Waals surface area contributed by atoms with Crippen LogP contribution in [0.4, 0.5) is 5.69 Å². The van der Waals surface area contributed by atoms with Gasteiger partial charge in [-0.2, -0.15) is 5.10 Å². The average molecular weight is 675 g/mol. The molecule has 0 spiro atoms. The van der Waals surface area contributed by atoms with Crippen molar-refractivity contribution >= 4 is 33.3 Å². The van der Waals surface area contributed by atoms with Gasteiger partial charge in [0, 0.05) is 47.7 Å². The van der Waals surface area contributed by atoms with Crippen molar-refractivity contribution in [2.75, 3.05) is 44.4 Å². The first-order chi connectivity index (χ1) is 24.6. The van der Waals surface area contributed by atoms with Gasteiger partial charge in [-0.05, 0) is 61.0 Å². The number of carbonyl (C=O) groups is 1. The summed E-state index contributed by atoms with van der Waals surface area (Å²) in [7, 11) is 1.82. The van der Waals surface area contributed by atoms with Gasteiger partial charge in [0.25, 0.3) is 0 Å². The number of aliphatic hydroxyl groups excluding tert-OH is 1. The first kappa shape index (κ1) is 33.2. The number of aliphatic hydroxyl groups is 1. The number of fused-ring (bicyclic) bond motifs is 2. The molecule has 3 heterocycles. The lowest BCUT2D eigenvalue weighted by atomic mass is 9.98. The van der Waals surface area contributed by atoms with Gasteiger partial charge in [0.2, 0.25) is 0 Å². The highest BCUT2D eigenvalue weighted by Crippen LogP contribution is 2.37. The largest absolute Gasteiger partial charge is 0.493 e. The third-order valence-electron chi connectivity index (χ3n) is 9.25. The molecule has 1 aliphatic heterocycles. The molecule has 10 heteroatoms. The van der Waals surface area contributed by atoms with Crippen LogP contribution in [0, 0.1) is 0 Å². The van der Waals surface area contributed by atoms with Gasteiger partial charge in [-0.25, -0.2) is 4.79 Å². The van der Waals surface area contributed by atoms with E-state index in [1.54, 1.807) is 11.6 Å². The highest BCUT2D eigenvalue weighted by atomic mass is 16.5. The third kappa shape index (κ3) is 6.77. The first-order valence-electron chi connectivity index (χ1n) is 17.2. The van der Waals surface area contributed by atoms with Gasteiger partial charge in [0.15, 0.2) is 0 Å². The summed E-state index contributed by atoms with van der Waals surface area (Å²) in [5, 5.41) is 18.4. The Balaban J connectivity index is 1.16. The Bertz CT molecular complexity index is 2090. The van der Waals surface area contributed by atoms with E-state index >= 15 is 0 Å². The molecule has 0 atom stereocenters. The molecular formula is C40H42N4O6. The predicted molar refractivity (Wildman–Crippen MR) is 194 cm³/mol. The second kappa shape index (κ2) is 15.1. The number of esters is 1. The Morgan fingerprint density at radius 1 is 0.940 bits per heavy atom. The summed E-state index contributed by atoms with van der Waals surface area (Å²) < 4.78 is 25.1. The number of nitrogens with zero attached hydrogens (tertiary/aromatic N) is 3. The maximum atomic E-state index is 13.3. The molecule has 0 unspecified atom stereocenters. The van der Waals surface area contributed by atoms with Gasteiger partial charge in [0.1, 0.15) is 29.5 Å². The fourth-order valence-corrected chi connectivity index (χ4v) is 6.81. The minimum absolute atomic E-state index is 0.195. The summed E-state index contributed by atoms with van der Waals surface area (Å²) in [5.74, 6) is 1.16. The van der Waals surface area contributed by atoms with Crippen molar-refractivity contribution in [3.05, 3.63) is 108 Å². The predicted octanol–water partition coefficient (Wildman–Crippen LogP) is 6.82. The van der Waals surface area contributed by atoms with Gasteiger partial charge in [0.05, 0.1) is 44.2 Å². The number of ether oxygens (including phenoxy) is 4. The fourth-order valence-electron chi connectivity index (χ4n) is 6.81. The molecule has 0 amide bonds. The molecule has 50 heavy (non-hydrogen) atoms. The van der Waals surface area contributed by atoms with E-state index in [0.717, 1.165) is 81.9 Å². The molecule has 0 saturated carbocycles. The zero-order valence-electron chi connectivity index (χ0n) is 28.5. The van der Waals surface area contributed by atoms with E-state index in [1.165, 1.54) is 0 Å². The number of morpholine rings is 1. The van der Waals surface area contributed by atoms with Crippen molar-refractivity contribution in [3.63, 3.8) is 0 Å². The van der Waals surface area contributed by atoms with E-state index in [-0.39, 0.29) is 19.8 Å². The minimum atomic E-state index is -0.405. The van der Waals surface area contributed by atoms with Crippen LogP contribution in [0.25, 0.3) is 32.8 Å². The lowest BCUT2D eigenvalue weighted by molar-refractivity contribution is 0.0519. The van der Waals surface area contributed by atoms with Crippen molar-refractivity contribution < 1.29 is 28.8 Å². The molecule has 258 valence electrons. The molecule has 2 N–H and O–H groups in total. The van der Waals surface area contributed by atoms with Crippen LogP contribution in [0.2, 0.25) is 0 Å². The Kier molecular flexibility index (Phi) is 10.00. The summed E-state index contributed by atoms with van der Waals surface area (Å²) in [5.41, 5.74) is 6.13. The Morgan fingerprint density at radius 3 is 2.50 bits per heavy atom. The second-order valence-electron chi connectivity index (χ2n) is 12.3. The van der Waals surface area contributed by atoms with Gasteiger partial charge in [-0.15, -0.1) is 0 Å². The number of benzene rings is 4. The molecule has 1 aliphatic rings. The average Bonchev–Trinajstić information content (AvgIpc) is 3.69. The topological polar surface area (TPSA) is 111 Å². The second-order valence-corrected chi connectivity index (χ2v) is 12.3. The molecule has 2 aromatic heterocycles. The molecule has 0 bridgehead atoms. The number of aryl methyl sites for hydroxylation is 2. The SMILES string of the molecule is CCOC(=O)c1[nH]c2c(-c3c(COc4ccc(N5CCOCC5)cc4)nn(C)c3CO)cccc2c1CCCOc1cccc2ccccc12. The van der Waals surface area contributed by atoms with E-state index in [0.29, 0.717) is 36.5 Å². The molecule has 1 fully saturated rings. The number of hydrogen-bond acceptors (Lipinski definition) is 8. The number of H-pyrrole nitrogens is 1. The van der Waals surface area contributed by atoms with Crippen molar-refractivity contribution in [2.45, 2.75) is 33.0 Å². The van der Waals surface area contributed by atoms with Crippen LogP contribution in [0.5, 0.6) is 11.5 Å². The van der Waals surface area contributed by atoms with Crippen molar-refractivity contribution in [1.29, 1.82) is 0 Å². The van der Waals surface area contributed by atoms with Crippen LogP contribution in [0.15, 0.2) is 84.9 Å². The number of aromatic amines is 1. The van der Waals surface area contributed by atoms with Gasteiger partial charge in [-0.3, -0.25) is 4.68 Å². The van der Waals surface area contributed by atoms with Crippen LogP contribution < -0.4 is 14.4 Å². The molecule has 10 nitrogen and oxygen atoms in total. The smallest absolute Gasteiger partial charge is 0.355 e. The Hall–Kier alpha value is -5.32. The Morgan fingerprint density at radius 2 is 1.70 bits per heavy atom. The van der Waals surface area contributed by atoms with Crippen molar-refractivity contribution in [1.82, 2.24) is 14.8 Å². The van der Waals surface area contributed by atoms with E-state index < -0.39 is 5.97 Å². The van der Waals surface area contributed by atoms with Crippen molar-refractivity contribution in [2.24, 2.45) is 7.05 Å². The van der Waals surface area contributed by atoms with E-state index in [2.05, 4.69) is 40.2 Å². The zero-order chi connectivity index (χ0) is 34.5. The number of carbonyl (C=O) groups excluding carboxylic acids is 1. The lowest BCUT2D eigenvalue weighted by Gasteiger charge is -2.28. The molecule has 0 radical (unpaired) electrons. The fraction of sp³-hybridized carbons (Fsp3) is 0.300. The van der Waals surface area contributed by atoms with Crippen LogP contribution in [0.1, 0.15) is 40.8 Å². The maximum Gasteiger partial charge on any atom is 0.355 e. The number of nitrogens with one attached hydrogen (secondary N) is 1. The van der Waals surface area contributed by atoms with Crippen LogP contribution in [-0.4, -0.2) is 65.4 Å². The number of rotatable bonds is 13. The van der Waals surface area contributed by atoms with Gasteiger partial charge in [-0.1, -0.05) is 54.6 Å². The lowest BCUT2D eigenvalue weighted by Crippen LogP contribution is -2.36. The number of aromatic nitrogens is 3. The summed E-state index contributed by atoms with van der Waals surface area (Å²) in [6.07, 6.45) is 1.28. The number of para-hydroxylation sites is 1. The molecule has 1 saturated heterocycles. The third-order valence-corrected chi connectivity index (χ3v) is 9.25. The van der Waals surface area contributed by atoms with E-state index in [1.807, 2.05) is 61.6 Å². The monoisotopic (exact) mass is 674 g/mol. The summed E-state index contributed by atoms with van der Waals surface area (Å²) in [6, 6.07) is 28.2. The van der Waals surface area contributed by atoms with Crippen LogP contribution in [0.3, 0.4) is 0 Å².